The molecule has 92 valence electrons. The zero-order valence-electron chi connectivity index (χ0n) is 9.62. The Balaban J connectivity index is 2.14. The summed E-state index contributed by atoms with van der Waals surface area (Å²) >= 11 is 0. The lowest BCUT2D eigenvalue weighted by atomic mass is 10.1. The van der Waals surface area contributed by atoms with Crippen molar-refractivity contribution in [3.05, 3.63) is 47.7 Å². The molecule has 2 aromatic rings. The normalized spacial score (nSPS) is 10.1. The quantitative estimate of drug-likeness (QED) is 0.855. The third-order valence-electron chi connectivity index (χ3n) is 2.46. The molecule has 6 nitrogen and oxygen atoms in total. The van der Waals surface area contributed by atoms with E-state index in [9.17, 15) is 9.59 Å². The third kappa shape index (κ3) is 2.37. The van der Waals surface area contributed by atoms with E-state index in [1.807, 2.05) is 0 Å². The number of hydrogen-bond donors (Lipinski definition) is 2. The zero-order valence-corrected chi connectivity index (χ0v) is 9.62. The second-order valence-electron chi connectivity index (χ2n) is 3.68. The average molecular weight is 245 g/mol. The molecule has 1 aromatic heterocycles. The van der Waals surface area contributed by atoms with E-state index in [1.54, 1.807) is 19.3 Å². The Kier molecular flexibility index (Phi) is 3.09. The summed E-state index contributed by atoms with van der Waals surface area (Å²) in [4.78, 5) is 22.5. The molecule has 0 spiro atoms. The number of aromatic carboxylic acids is 1. The van der Waals surface area contributed by atoms with Gasteiger partial charge < -0.3 is 10.4 Å². The molecular weight excluding hydrogens is 234 g/mol. The summed E-state index contributed by atoms with van der Waals surface area (Å²) < 4.78 is 1.53. The molecule has 0 aliphatic heterocycles. The van der Waals surface area contributed by atoms with Crippen molar-refractivity contribution >= 4 is 17.7 Å². The number of carboxylic acids is 1. The number of amides is 1. The molecule has 0 aliphatic rings. The van der Waals surface area contributed by atoms with Crippen LogP contribution in [0.1, 0.15) is 20.7 Å². The fourth-order valence-corrected chi connectivity index (χ4v) is 1.45. The van der Waals surface area contributed by atoms with Gasteiger partial charge in [0, 0.05) is 18.7 Å². The summed E-state index contributed by atoms with van der Waals surface area (Å²) in [5, 5.41) is 15.3. The van der Waals surface area contributed by atoms with E-state index in [1.165, 1.54) is 28.9 Å². The van der Waals surface area contributed by atoms with Crippen LogP contribution in [-0.4, -0.2) is 26.8 Å². The highest BCUT2D eigenvalue weighted by atomic mass is 16.4. The lowest BCUT2D eigenvalue weighted by Gasteiger charge is -2.05. The van der Waals surface area contributed by atoms with Crippen LogP contribution in [0.25, 0.3) is 0 Å². The largest absolute Gasteiger partial charge is 0.478 e. The van der Waals surface area contributed by atoms with Crippen molar-refractivity contribution in [2.24, 2.45) is 7.05 Å². The van der Waals surface area contributed by atoms with E-state index < -0.39 is 5.97 Å². The first kappa shape index (κ1) is 11.8. The molecular formula is C12H11N3O3. The maximum Gasteiger partial charge on any atom is 0.335 e. The van der Waals surface area contributed by atoms with Gasteiger partial charge >= 0.3 is 5.97 Å². The molecule has 6 heteroatoms. The molecule has 0 bridgehead atoms. The molecule has 0 fully saturated rings. The fraction of sp³-hybridized carbons (Fsp3) is 0.0833. The van der Waals surface area contributed by atoms with Gasteiger partial charge in [-0.2, -0.15) is 5.10 Å². The van der Waals surface area contributed by atoms with E-state index in [2.05, 4.69) is 10.4 Å². The van der Waals surface area contributed by atoms with Gasteiger partial charge in [0.15, 0.2) is 0 Å². The smallest absolute Gasteiger partial charge is 0.335 e. The minimum Gasteiger partial charge on any atom is -0.478 e. The summed E-state index contributed by atoms with van der Waals surface area (Å²) in [7, 11) is 1.71. The number of rotatable bonds is 3. The van der Waals surface area contributed by atoms with Crippen LogP contribution in [0.15, 0.2) is 36.5 Å². The highest BCUT2D eigenvalue weighted by Crippen LogP contribution is 2.09. The highest BCUT2D eigenvalue weighted by Gasteiger charge is 2.09. The Morgan fingerprint density at radius 1 is 1.17 bits per heavy atom. The van der Waals surface area contributed by atoms with Crippen LogP contribution in [0, 0.1) is 0 Å². The van der Waals surface area contributed by atoms with Crippen molar-refractivity contribution in [3.8, 4) is 0 Å². The molecule has 0 atom stereocenters. The van der Waals surface area contributed by atoms with Crippen molar-refractivity contribution < 1.29 is 14.7 Å². The Hall–Kier alpha value is -2.63. The molecule has 1 amide bonds. The standard InChI is InChI=1S/C12H11N3O3/c1-15-10(6-7-13-15)14-11(16)8-2-4-9(5-3-8)12(17)18/h2-7H,1H3,(H,14,16)(H,17,18). The number of carbonyl (C=O) groups is 2. The van der Waals surface area contributed by atoms with Gasteiger partial charge in [-0.05, 0) is 24.3 Å². The van der Waals surface area contributed by atoms with Crippen LogP contribution in [0.5, 0.6) is 0 Å². The number of aromatic nitrogens is 2. The van der Waals surface area contributed by atoms with E-state index >= 15 is 0 Å². The highest BCUT2D eigenvalue weighted by molar-refractivity contribution is 6.04. The first-order valence-electron chi connectivity index (χ1n) is 5.20. The van der Waals surface area contributed by atoms with E-state index in [0.717, 1.165) is 0 Å². The van der Waals surface area contributed by atoms with Crippen molar-refractivity contribution in [2.75, 3.05) is 5.32 Å². The predicted octanol–water partition coefficient (Wildman–Crippen LogP) is 1.37. The molecule has 1 heterocycles. The molecule has 2 rings (SSSR count). The topological polar surface area (TPSA) is 84.2 Å². The van der Waals surface area contributed by atoms with Gasteiger partial charge in [0.1, 0.15) is 5.82 Å². The Morgan fingerprint density at radius 2 is 1.78 bits per heavy atom. The minimum absolute atomic E-state index is 0.145. The molecule has 1 aromatic carbocycles. The summed E-state index contributed by atoms with van der Waals surface area (Å²) in [6, 6.07) is 7.38. The maximum absolute atomic E-state index is 11.8. The SMILES string of the molecule is Cn1nccc1NC(=O)c1ccc(C(=O)O)cc1. The van der Waals surface area contributed by atoms with Crippen LogP contribution in [0.4, 0.5) is 5.82 Å². The van der Waals surface area contributed by atoms with Crippen LogP contribution in [0.3, 0.4) is 0 Å². The van der Waals surface area contributed by atoms with Crippen molar-refractivity contribution in [2.45, 2.75) is 0 Å². The van der Waals surface area contributed by atoms with Crippen molar-refractivity contribution in [1.82, 2.24) is 9.78 Å². The van der Waals surface area contributed by atoms with Gasteiger partial charge in [-0.15, -0.1) is 0 Å². The Labute approximate surface area is 103 Å². The van der Waals surface area contributed by atoms with Crippen molar-refractivity contribution in [1.29, 1.82) is 0 Å². The minimum atomic E-state index is -1.02. The second kappa shape index (κ2) is 4.70. The molecule has 2 N–H and O–H groups in total. The zero-order chi connectivity index (χ0) is 13.1. The number of benzene rings is 1. The van der Waals surface area contributed by atoms with Crippen LogP contribution < -0.4 is 5.32 Å². The van der Waals surface area contributed by atoms with Crippen molar-refractivity contribution in [3.63, 3.8) is 0 Å². The summed E-state index contributed by atoms with van der Waals surface area (Å²) in [5.74, 6) is -0.758. The van der Waals surface area contributed by atoms with E-state index in [0.29, 0.717) is 11.4 Å². The Bertz CT molecular complexity index is 587. The third-order valence-corrected chi connectivity index (χ3v) is 2.46. The van der Waals surface area contributed by atoms with Gasteiger partial charge in [0.25, 0.3) is 5.91 Å². The monoisotopic (exact) mass is 245 g/mol. The van der Waals surface area contributed by atoms with Gasteiger partial charge in [-0.3, -0.25) is 9.48 Å². The number of nitrogens with one attached hydrogen (secondary N) is 1. The number of anilines is 1. The summed E-state index contributed by atoms with van der Waals surface area (Å²) in [5.41, 5.74) is 0.535. The second-order valence-corrected chi connectivity index (χ2v) is 3.68. The number of nitrogens with zero attached hydrogens (tertiary/aromatic N) is 2. The maximum atomic E-state index is 11.8. The van der Waals surface area contributed by atoms with Gasteiger partial charge in [-0.1, -0.05) is 0 Å². The predicted molar refractivity (Wildman–Crippen MR) is 64.6 cm³/mol. The first-order chi connectivity index (χ1) is 8.58. The molecule has 0 saturated heterocycles. The lowest BCUT2D eigenvalue weighted by Crippen LogP contribution is -2.14. The summed E-state index contributed by atoms with van der Waals surface area (Å²) in [6.45, 7) is 0. The van der Waals surface area contributed by atoms with Gasteiger partial charge in [-0.25, -0.2) is 4.79 Å². The fourth-order valence-electron chi connectivity index (χ4n) is 1.45. The lowest BCUT2D eigenvalue weighted by molar-refractivity contribution is 0.0696. The average Bonchev–Trinajstić information content (AvgIpc) is 2.75. The Morgan fingerprint density at radius 3 is 2.28 bits per heavy atom. The van der Waals surface area contributed by atoms with Gasteiger partial charge in [0.2, 0.25) is 0 Å². The molecule has 18 heavy (non-hydrogen) atoms. The number of hydrogen-bond acceptors (Lipinski definition) is 3. The van der Waals surface area contributed by atoms with Crippen LogP contribution in [0.2, 0.25) is 0 Å². The number of carboxylic acid groups (broad SMARTS) is 1. The summed E-state index contributed by atoms with van der Waals surface area (Å²) in [6.07, 6.45) is 1.57. The van der Waals surface area contributed by atoms with E-state index in [-0.39, 0.29) is 11.5 Å². The molecule has 0 unspecified atom stereocenters. The van der Waals surface area contributed by atoms with Crippen LogP contribution >= 0.6 is 0 Å². The van der Waals surface area contributed by atoms with E-state index in [4.69, 9.17) is 5.11 Å². The number of aryl methyl sites for hydroxylation is 1. The van der Waals surface area contributed by atoms with Gasteiger partial charge in [0.05, 0.1) is 11.8 Å². The molecule has 0 saturated carbocycles. The first-order valence-corrected chi connectivity index (χ1v) is 5.20. The molecule has 0 radical (unpaired) electrons. The number of carbonyl (C=O) groups excluding carboxylic acids is 1. The molecule has 0 aliphatic carbocycles. The van der Waals surface area contributed by atoms with Crippen LogP contribution in [-0.2, 0) is 7.05 Å².